The van der Waals surface area contributed by atoms with Gasteiger partial charge in [-0.3, -0.25) is 0 Å². The Hall–Kier alpha value is -1.10. The van der Waals surface area contributed by atoms with Crippen LogP contribution in [-0.2, 0) is 0 Å². The van der Waals surface area contributed by atoms with E-state index in [1.807, 2.05) is 35.7 Å². The molecule has 0 N–H and O–H groups in total. The normalized spacial score (nSPS) is 10.3. The second-order valence-electron chi connectivity index (χ2n) is 5.89. The van der Waals surface area contributed by atoms with E-state index in [1.54, 1.807) is 0 Å². The van der Waals surface area contributed by atoms with Crippen LogP contribution in [0.25, 0.3) is 0 Å². The van der Waals surface area contributed by atoms with Crippen molar-refractivity contribution in [1.82, 2.24) is 0 Å². The molecule has 0 atom stereocenters. The van der Waals surface area contributed by atoms with Gasteiger partial charge in [0.2, 0.25) is 0 Å². The smallest absolute Gasteiger partial charge is 0.101 e. The predicted molar refractivity (Wildman–Crippen MR) is 106 cm³/mol. The van der Waals surface area contributed by atoms with Crippen LogP contribution in [0, 0.1) is 22.7 Å². The number of unbranched alkanes of at least 4 members (excludes halogenated alkanes) is 6. The zero-order chi connectivity index (χ0) is 17.6. The molecule has 24 heavy (non-hydrogen) atoms. The van der Waals surface area contributed by atoms with Crippen molar-refractivity contribution in [3.05, 3.63) is 23.3 Å². The lowest BCUT2D eigenvalue weighted by atomic mass is 10.1. The van der Waals surface area contributed by atoms with Crippen LogP contribution in [0.4, 0.5) is 0 Å². The molecule has 0 aromatic heterocycles. The lowest BCUT2D eigenvalue weighted by molar-refractivity contribution is 0.706. The number of benzene rings is 1. The van der Waals surface area contributed by atoms with Crippen LogP contribution in [0.5, 0.6) is 0 Å². The molecular weight excluding hydrogens is 332 g/mol. The van der Waals surface area contributed by atoms with E-state index in [4.69, 9.17) is 0 Å². The fourth-order valence-electron chi connectivity index (χ4n) is 2.39. The Kier molecular flexibility index (Phi) is 11.5. The second kappa shape index (κ2) is 13.2. The molecule has 0 aliphatic heterocycles. The van der Waals surface area contributed by atoms with Crippen LogP contribution in [0.3, 0.4) is 0 Å². The van der Waals surface area contributed by atoms with Gasteiger partial charge in [-0.25, -0.2) is 0 Å². The SMILES string of the molecule is CCCCCCSc1cc(C#N)c(C#N)cc1SCCCCCC. The molecule has 0 saturated heterocycles. The first kappa shape index (κ1) is 20.9. The number of nitrogens with zero attached hydrogens (tertiary/aromatic N) is 2. The third-order valence-corrected chi connectivity index (χ3v) is 6.25. The van der Waals surface area contributed by atoms with Crippen LogP contribution in [0.1, 0.15) is 76.3 Å². The summed E-state index contributed by atoms with van der Waals surface area (Å²) in [5.74, 6) is 2.17. The van der Waals surface area contributed by atoms with E-state index < -0.39 is 0 Å². The third-order valence-electron chi connectivity index (χ3n) is 3.84. The number of hydrogen-bond donors (Lipinski definition) is 0. The van der Waals surface area contributed by atoms with Crippen LogP contribution in [0.2, 0.25) is 0 Å². The van der Waals surface area contributed by atoms with Gasteiger partial charge in [0.25, 0.3) is 0 Å². The molecule has 1 rings (SSSR count). The average molecular weight is 361 g/mol. The molecule has 0 spiro atoms. The van der Waals surface area contributed by atoms with Gasteiger partial charge in [0.15, 0.2) is 0 Å². The first-order valence-corrected chi connectivity index (χ1v) is 11.0. The summed E-state index contributed by atoms with van der Waals surface area (Å²) in [6.45, 7) is 4.44. The number of thioether (sulfide) groups is 2. The standard InChI is InChI=1S/C20H28N2S2/c1-3-5-7-9-11-23-19-13-17(15-21)18(16-22)14-20(19)24-12-10-8-6-4-2/h13-14H,3-12H2,1-2H3. The number of nitriles is 2. The van der Waals surface area contributed by atoms with Gasteiger partial charge in [-0.1, -0.05) is 52.4 Å². The highest BCUT2D eigenvalue weighted by Gasteiger charge is 2.11. The van der Waals surface area contributed by atoms with Gasteiger partial charge >= 0.3 is 0 Å². The summed E-state index contributed by atoms with van der Waals surface area (Å²) in [7, 11) is 0. The van der Waals surface area contributed by atoms with E-state index in [0.29, 0.717) is 11.1 Å². The fraction of sp³-hybridized carbons (Fsp3) is 0.600. The minimum atomic E-state index is 0.504. The van der Waals surface area contributed by atoms with Crippen LogP contribution >= 0.6 is 23.5 Å². The van der Waals surface area contributed by atoms with Gasteiger partial charge in [0, 0.05) is 9.79 Å². The topological polar surface area (TPSA) is 47.6 Å². The largest absolute Gasteiger partial charge is 0.192 e. The summed E-state index contributed by atoms with van der Waals surface area (Å²) in [4.78, 5) is 2.34. The first-order valence-electron chi connectivity index (χ1n) is 9.00. The van der Waals surface area contributed by atoms with Gasteiger partial charge in [-0.15, -0.1) is 23.5 Å². The number of hydrogen-bond acceptors (Lipinski definition) is 4. The van der Waals surface area contributed by atoms with Gasteiger partial charge in [-0.05, 0) is 36.5 Å². The fourth-order valence-corrected chi connectivity index (χ4v) is 4.69. The Morgan fingerprint density at radius 2 is 1.12 bits per heavy atom. The molecule has 0 unspecified atom stereocenters. The van der Waals surface area contributed by atoms with Gasteiger partial charge in [0.05, 0.1) is 11.1 Å². The maximum Gasteiger partial charge on any atom is 0.101 e. The van der Waals surface area contributed by atoms with Gasteiger partial charge < -0.3 is 0 Å². The van der Waals surface area contributed by atoms with E-state index in [1.165, 1.54) is 61.2 Å². The van der Waals surface area contributed by atoms with Crippen molar-refractivity contribution < 1.29 is 0 Å². The highest BCUT2D eigenvalue weighted by molar-refractivity contribution is 8.02. The Morgan fingerprint density at radius 1 is 0.708 bits per heavy atom. The van der Waals surface area contributed by atoms with Crippen molar-refractivity contribution in [1.29, 1.82) is 10.5 Å². The van der Waals surface area contributed by atoms with E-state index in [-0.39, 0.29) is 0 Å². The van der Waals surface area contributed by atoms with Crippen molar-refractivity contribution >= 4 is 23.5 Å². The van der Waals surface area contributed by atoms with Crippen molar-refractivity contribution in [2.75, 3.05) is 11.5 Å². The molecule has 0 aliphatic rings. The lowest BCUT2D eigenvalue weighted by Crippen LogP contribution is -1.91. The quantitative estimate of drug-likeness (QED) is 0.304. The monoisotopic (exact) mass is 360 g/mol. The third kappa shape index (κ3) is 7.65. The molecule has 2 nitrogen and oxygen atoms in total. The molecule has 0 amide bonds. The van der Waals surface area contributed by atoms with Crippen LogP contribution in [-0.4, -0.2) is 11.5 Å². The van der Waals surface area contributed by atoms with Gasteiger partial charge in [-0.2, -0.15) is 10.5 Å². The lowest BCUT2D eigenvalue weighted by Gasteiger charge is -2.11. The maximum atomic E-state index is 9.26. The molecule has 0 aliphatic carbocycles. The zero-order valence-electron chi connectivity index (χ0n) is 14.9. The molecule has 0 bridgehead atoms. The van der Waals surface area contributed by atoms with Crippen LogP contribution in [0.15, 0.2) is 21.9 Å². The predicted octanol–water partition coefficient (Wildman–Crippen LogP) is 6.77. The van der Waals surface area contributed by atoms with Crippen LogP contribution < -0.4 is 0 Å². The highest BCUT2D eigenvalue weighted by Crippen LogP contribution is 2.34. The van der Waals surface area contributed by atoms with E-state index in [9.17, 15) is 10.5 Å². The van der Waals surface area contributed by atoms with Crippen molar-refractivity contribution in [3.8, 4) is 12.1 Å². The molecule has 0 saturated carbocycles. The first-order chi connectivity index (χ1) is 11.8. The van der Waals surface area contributed by atoms with E-state index >= 15 is 0 Å². The molecule has 1 aromatic rings. The molecule has 130 valence electrons. The van der Waals surface area contributed by atoms with Crippen molar-refractivity contribution in [3.63, 3.8) is 0 Å². The molecule has 0 heterocycles. The van der Waals surface area contributed by atoms with E-state index in [0.717, 1.165) is 11.5 Å². The van der Waals surface area contributed by atoms with Crippen molar-refractivity contribution in [2.45, 2.75) is 75.0 Å². The zero-order valence-corrected chi connectivity index (χ0v) is 16.6. The summed E-state index contributed by atoms with van der Waals surface area (Å²) in [6, 6.07) is 8.16. The Morgan fingerprint density at radius 3 is 1.46 bits per heavy atom. The second-order valence-corrected chi connectivity index (χ2v) is 8.16. The number of rotatable bonds is 12. The summed E-state index contributed by atoms with van der Waals surface area (Å²) in [5.41, 5.74) is 1.01. The summed E-state index contributed by atoms with van der Waals surface area (Å²) in [5, 5.41) is 18.5. The molecule has 1 aromatic carbocycles. The molecule has 4 heteroatoms. The highest BCUT2D eigenvalue weighted by atomic mass is 32.2. The molecule has 0 fully saturated rings. The maximum absolute atomic E-state index is 9.26. The Labute approximate surface area is 156 Å². The van der Waals surface area contributed by atoms with E-state index in [2.05, 4.69) is 26.0 Å². The summed E-state index contributed by atoms with van der Waals surface area (Å²) in [6.07, 6.45) is 10.0. The minimum Gasteiger partial charge on any atom is -0.192 e. The Bertz CT molecular complexity index is 519. The van der Waals surface area contributed by atoms with Gasteiger partial charge in [0.1, 0.15) is 12.1 Å². The Balaban J connectivity index is 2.73. The average Bonchev–Trinajstić information content (AvgIpc) is 2.61. The van der Waals surface area contributed by atoms with Crippen molar-refractivity contribution in [2.24, 2.45) is 0 Å². The minimum absolute atomic E-state index is 0.504. The summed E-state index contributed by atoms with van der Waals surface area (Å²) >= 11 is 3.67. The molecule has 0 radical (unpaired) electrons. The molecular formula is C20H28N2S2. The summed E-state index contributed by atoms with van der Waals surface area (Å²) < 4.78 is 0.